The maximum Gasteiger partial charge on any atom is 0.236 e. The summed E-state index contributed by atoms with van der Waals surface area (Å²) in [6.45, 7) is 6.90. The molecule has 0 unspecified atom stereocenters. The van der Waals surface area contributed by atoms with Gasteiger partial charge in [0.25, 0.3) is 0 Å². The van der Waals surface area contributed by atoms with Crippen molar-refractivity contribution >= 4 is 5.91 Å². The molecule has 0 radical (unpaired) electrons. The first-order chi connectivity index (χ1) is 9.18. The number of carbonyl (C=O) groups excluding carboxylic acids is 1. The van der Waals surface area contributed by atoms with Crippen LogP contribution in [0.3, 0.4) is 0 Å². The number of likely N-dealkylation sites (tertiary alicyclic amines) is 1. The number of nitrogens with one attached hydrogen (secondary N) is 1. The van der Waals surface area contributed by atoms with E-state index >= 15 is 0 Å². The van der Waals surface area contributed by atoms with E-state index in [1.807, 2.05) is 9.58 Å². The second-order valence-electron chi connectivity index (χ2n) is 5.26. The van der Waals surface area contributed by atoms with E-state index in [9.17, 15) is 4.79 Å². The number of rotatable bonds is 5. The van der Waals surface area contributed by atoms with Crippen molar-refractivity contribution in [1.29, 1.82) is 0 Å². The van der Waals surface area contributed by atoms with E-state index < -0.39 is 0 Å². The zero-order valence-electron chi connectivity index (χ0n) is 11.8. The Kier molecular flexibility index (Phi) is 4.90. The molecule has 1 N–H and O–H groups in total. The largest absolute Gasteiger partial charge is 0.342 e. The summed E-state index contributed by atoms with van der Waals surface area (Å²) in [5, 5.41) is 7.34. The maximum atomic E-state index is 12.0. The Morgan fingerprint density at radius 2 is 2.11 bits per heavy atom. The molecule has 1 aromatic rings. The van der Waals surface area contributed by atoms with Gasteiger partial charge in [0.05, 0.1) is 13.1 Å². The van der Waals surface area contributed by atoms with E-state index in [0.717, 1.165) is 31.8 Å². The second-order valence-corrected chi connectivity index (χ2v) is 5.26. The van der Waals surface area contributed by atoms with Crippen molar-refractivity contribution in [1.82, 2.24) is 25.0 Å². The molecule has 1 fully saturated rings. The Morgan fingerprint density at radius 3 is 2.79 bits per heavy atom. The molecule has 2 heterocycles. The summed E-state index contributed by atoms with van der Waals surface area (Å²) >= 11 is 0. The average molecular weight is 265 g/mol. The standard InChI is InChI=1S/C13H23N5O/c1-11(2)18-12(15-10-16-18)8-14-9-13(19)17-6-4-3-5-7-17/h10-11,14H,3-9H2,1-2H3. The highest BCUT2D eigenvalue weighted by Crippen LogP contribution is 2.08. The zero-order chi connectivity index (χ0) is 13.7. The molecule has 0 spiro atoms. The molecule has 1 amide bonds. The van der Waals surface area contributed by atoms with Crippen molar-refractivity contribution in [3.63, 3.8) is 0 Å². The summed E-state index contributed by atoms with van der Waals surface area (Å²) in [5.41, 5.74) is 0. The second kappa shape index (κ2) is 6.65. The van der Waals surface area contributed by atoms with Gasteiger partial charge in [0.2, 0.25) is 5.91 Å². The predicted octanol–water partition coefficient (Wildman–Crippen LogP) is 0.961. The minimum absolute atomic E-state index is 0.190. The fourth-order valence-corrected chi connectivity index (χ4v) is 2.37. The van der Waals surface area contributed by atoms with Gasteiger partial charge in [-0.05, 0) is 33.1 Å². The summed E-state index contributed by atoms with van der Waals surface area (Å²) in [6.07, 6.45) is 5.07. The number of hydrogen-bond donors (Lipinski definition) is 1. The topological polar surface area (TPSA) is 63.1 Å². The van der Waals surface area contributed by atoms with Gasteiger partial charge in [0.1, 0.15) is 12.2 Å². The number of nitrogens with zero attached hydrogens (tertiary/aromatic N) is 4. The van der Waals surface area contributed by atoms with Crippen LogP contribution in [0.4, 0.5) is 0 Å². The van der Waals surface area contributed by atoms with Crippen molar-refractivity contribution < 1.29 is 4.79 Å². The van der Waals surface area contributed by atoms with Gasteiger partial charge in [-0.3, -0.25) is 4.79 Å². The fourth-order valence-electron chi connectivity index (χ4n) is 2.37. The normalized spacial score (nSPS) is 16.1. The monoisotopic (exact) mass is 265 g/mol. The molecule has 19 heavy (non-hydrogen) atoms. The number of carbonyl (C=O) groups is 1. The number of hydrogen-bond acceptors (Lipinski definition) is 4. The highest BCUT2D eigenvalue weighted by atomic mass is 16.2. The van der Waals surface area contributed by atoms with Gasteiger partial charge in [-0.1, -0.05) is 0 Å². The van der Waals surface area contributed by atoms with E-state index in [-0.39, 0.29) is 11.9 Å². The van der Waals surface area contributed by atoms with Gasteiger partial charge in [-0.2, -0.15) is 5.10 Å². The molecule has 1 aliphatic heterocycles. The van der Waals surface area contributed by atoms with Crippen LogP contribution in [0.1, 0.15) is 45.0 Å². The Bertz CT molecular complexity index is 409. The molecule has 1 aliphatic rings. The highest BCUT2D eigenvalue weighted by molar-refractivity contribution is 5.78. The Morgan fingerprint density at radius 1 is 1.37 bits per heavy atom. The molecule has 0 aliphatic carbocycles. The van der Waals surface area contributed by atoms with Gasteiger partial charge < -0.3 is 10.2 Å². The summed E-state index contributed by atoms with van der Waals surface area (Å²) < 4.78 is 1.87. The highest BCUT2D eigenvalue weighted by Gasteiger charge is 2.16. The average Bonchev–Trinajstić information content (AvgIpc) is 2.88. The van der Waals surface area contributed by atoms with E-state index in [1.165, 1.54) is 6.42 Å². The Labute approximate surface area is 114 Å². The maximum absolute atomic E-state index is 12.0. The van der Waals surface area contributed by atoms with Crippen LogP contribution in [-0.4, -0.2) is 45.2 Å². The van der Waals surface area contributed by atoms with Gasteiger partial charge in [-0.15, -0.1) is 0 Å². The summed E-state index contributed by atoms with van der Waals surface area (Å²) in [7, 11) is 0. The van der Waals surface area contributed by atoms with E-state index in [2.05, 4.69) is 29.2 Å². The van der Waals surface area contributed by atoms with Crippen molar-refractivity contribution in [3.05, 3.63) is 12.2 Å². The minimum atomic E-state index is 0.190. The molecule has 0 atom stereocenters. The molecule has 0 aromatic carbocycles. The van der Waals surface area contributed by atoms with Crippen LogP contribution in [-0.2, 0) is 11.3 Å². The first-order valence-electron chi connectivity index (χ1n) is 7.05. The first kappa shape index (κ1) is 14.0. The van der Waals surface area contributed by atoms with Crippen molar-refractivity contribution in [2.45, 2.75) is 45.7 Å². The number of aromatic nitrogens is 3. The van der Waals surface area contributed by atoms with Crippen LogP contribution in [0, 0.1) is 0 Å². The van der Waals surface area contributed by atoms with Crippen LogP contribution in [0.15, 0.2) is 6.33 Å². The third kappa shape index (κ3) is 3.76. The molecule has 1 aromatic heterocycles. The molecule has 1 saturated heterocycles. The van der Waals surface area contributed by atoms with E-state index in [0.29, 0.717) is 13.1 Å². The van der Waals surface area contributed by atoms with Crippen LogP contribution in [0.5, 0.6) is 0 Å². The van der Waals surface area contributed by atoms with Gasteiger partial charge in [0, 0.05) is 19.1 Å². The molecular weight excluding hydrogens is 242 g/mol. The first-order valence-corrected chi connectivity index (χ1v) is 7.05. The third-order valence-corrected chi connectivity index (χ3v) is 3.40. The lowest BCUT2D eigenvalue weighted by atomic mass is 10.1. The SMILES string of the molecule is CC(C)n1ncnc1CNCC(=O)N1CCCCC1. The molecule has 2 rings (SSSR count). The third-order valence-electron chi connectivity index (χ3n) is 3.40. The lowest BCUT2D eigenvalue weighted by molar-refractivity contribution is -0.131. The molecule has 6 nitrogen and oxygen atoms in total. The molecular formula is C13H23N5O. The predicted molar refractivity (Wildman–Crippen MR) is 72.5 cm³/mol. The summed E-state index contributed by atoms with van der Waals surface area (Å²) in [5.74, 6) is 1.07. The summed E-state index contributed by atoms with van der Waals surface area (Å²) in [6, 6.07) is 0.289. The Hall–Kier alpha value is -1.43. The fraction of sp³-hybridized carbons (Fsp3) is 0.769. The smallest absolute Gasteiger partial charge is 0.236 e. The Balaban J connectivity index is 1.76. The number of piperidine rings is 1. The lowest BCUT2D eigenvalue weighted by Gasteiger charge is -2.26. The quantitative estimate of drug-likeness (QED) is 0.861. The van der Waals surface area contributed by atoms with Crippen molar-refractivity contribution in [2.24, 2.45) is 0 Å². The summed E-state index contributed by atoms with van der Waals surface area (Å²) in [4.78, 5) is 18.1. The van der Waals surface area contributed by atoms with Crippen molar-refractivity contribution in [3.8, 4) is 0 Å². The van der Waals surface area contributed by atoms with E-state index in [1.54, 1.807) is 6.33 Å². The van der Waals surface area contributed by atoms with Gasteiger partial charge in [0.15, 0.2) is 0 Å². The van der Waals surface area contributed by atoms with Crippen molar-refractivity contribution in [2.75, 3.05) is 19.6 Å². The van der Waals surface area contributed by atoms with Gasteiger partial charge in [-0.25, -0.2) is 9.67 Å². The van der Waals surface area contributed by atoms with Gasteiger partial charge >= 0.3 is 0 Å². The molecule has 0 bridgehead atoms. The molecule has 0 saturated carbocycles. The van der Waals surface area contributed by atoms with Crippen LogP contribution in [0.25, 0.3) is 0 Å². The van der Waals surface area contributed by atoms with Crippen LogP contribution in [0.2, 0.25) is 0 Å². The lowest BCUT2D eigenvalue weighted by Crippen LogP contribution is -2.41. The molecule has 106 valence electrons. The molecule has 6 heteroatoms. The van der Waals surface area contributed by atoms with Crippen LogP contribution >= 0.6 is 0 Å². The zero-order valence-corrected chi connectivity index (χ0v) is 11.8. The minimum Gasteiger partial charge on any atom is -0.342 e. The van der Waals surface area contributed by atoms with E-state index in [4.69, 9.17) is 0 Å². The van der Waals surface area contributed by atoms with Crippen LogP contribution < -0.4 is 5.32 Å². The number of amides is 1.